The van der Waals surface area contributed by atoms with Crippen LogP contribution in [0.1, 0.15) is 11.3 Å². The van der Waals surface area contributed by atoms with Crippen LogP contribution in [0.4, 0.5) is 0 Å². The van der Waals surface area contributed by atoms with Crippen molar-refractivity contribution in [2.24, 2.45) is 0 Å². The van der Waals surface area contributed by atoms with Gasteiger partial charge in [-0.3, -0.25) is 4.79 Å². The predicted octanol–water partition coefficient (Wildman–Crippen LogP) is 4.25. The minimum atomic E-state index is -0.0960. The Kier molecular flexibility index (Phi) is 4.11. The lowest BCUT2D eigenvalue weighted by Crippen LogP contribution is -2.12. The molecule has 0 atom stereocenters. The van der Waals surface area contributed by atoms with Gasteiger partial charge in [-0.05, 0) is 35.8 Å². The molecule has 0 saturated carbocycles. The molecular formula is C20H16O3. The number of benzene rings is 1. The number of rotatable bonds is 1. The van der Waals surface area contributed by atoms with Crippen molar-refractivity contribution in [3.05, 3.63) is 94.6 Å². The van der Waals surface area contributed by atoms with Gasteiger partial charge in [0.1, 0.15) is 17.8 Å². The molecule has 0 saturated heterocycles. The van der Waals surface area contributed by atoms with Crippen LogP contribution in [0.2, 0.25) is 0 Å². The van der Waals surface area contributed by atoms with Gasteiger partial charge in [0, 0.05) is 5.56 Å². The molecule has 1 aromatic heterocycles. The van der Waals surface area contributed by atoms with Gasteiger partial charge in [-0.25, -0.2) is 0 Å². The highest BCUT2D eigenvalue weighted by molar-refractivity contribution is 5.66. The van der Waals surface area contributed by atoms with E-state index in [4.69, 9.17) is 4.42 Å². The fourth-order valence-corrected chi connectivity index (χ4v) is 2.41. The number of phenolic OH excluding ortho intramolecular Hbond substituents is 1. The lowest BCUT2D eigenvalue weighted by atomic mass is 10.0. The summed E-state index contributed by atoms with van der Waals surface area (Å²) < 4.78 is 5.67. The van der Waals surface area contributed by atoms with E-state index in [1.807, 2.05) is 30.4 Å². The maximum Gasteiger partial charge on any atom is 0.196 e. The summed E-state index contributed by atoms with van der Waals surface area (Å²) in [4.78, 5) is 12.8. The van der Waals surface area contributed by atoms with Gasteiger partial charge in [0.25, 0.3) is 0 Å². The average molecular weight is 304 g/mol. The van der Waals surface area contributed by atoms with Crippen LogP contribution in [0.3, 0.4) is 0 Å². The van der Waals surface area contributed by atoms with Gasteiger partial charge in [-0.15, -0.1) is 0 Å². The Labute approximate surface area is 134 Å². The van der Waals surface area contributed by atoms with E-state index in [-0.39, 0.29) is 11.2 Å². The summed E-state index contributed by atoms with van der Waals surface area (Å²) in [5, 5.41) is 9.61. The molecule has 1 N–H and O–H groups in total. The molecule has 3 rings (SSSR count). The molecule has 0 aliphatic heterocycles. The van der Waals surface area contributed by atoms with Crippen molar-refractivity contribution in [3.63, 3.8) is 0 Å². The van der Waals surface area contributed by atoms with Crippen LogP contribution in [0.15, 0.2) is 82.3 Å². The third-order valence-corrected chi connectivity index (χ3v) is 3.61. The van der Waals surface area contributed by atoms with Crippen LogP contribution in [0, 0.1) is 0 Å². The summed E-state index contributed by atoms with van der Waals surface area (Å²) in [6.45, 7) is 3.90. The van der Waals surface area contributed by atoms with Crippen molar-refractivity contribution in [2.45, 2.75) is 6.42 Å². The van der Waals surface area contributed by atoms with Gasteiger partial charge in [0.05, 0.1) is 5.56 Å². The molecule has 114 valence electrons. The minimum absolute atomic E-state index is 0.0960. The van der Waals surface area contributed by atoms with Crippen molar-refractivity contribution in [1.82, 2.24) is 0 Å². The molecule has 1 aromatic carbocycles. The minimum Gasteiger partial charge on any atom is -0.508 e. The smallest absolute Gasteiger partial charge is 0.196 e. The zero-order chi connectivity index (χ0) is 16.2. The Morgan fingerprint density at radius 3 is 2.83 bits per heavy atom. The van der Waals surface area contributed by atoms with E-state index >= 15 is 0 Å². The molecule has 2 aromatic rings. The molecule has 0 bridgehead atoms. The quantitative estimate of drug-likeness (QED) is 0.857. The molecule has 1 aliphatic rings. The molecule has 0 unspecified atom stereocenters. The van der Waals surface area contributed by atoms with Crippen molar-refractivity contribution >= 4 is 6.08 Å². The monoisotopic (exact) mass is 304 g/mol. The Bertz CT molecular complexity index is 895. The van der Waals surface area contributed by atoms with E-state index in [1.165, 1.54) is 6.26 Å². The summed E-state index contributed by atoms with van der Waals surface area (Å²) in [5.41, 5.74) is 2.38. The number of hydrogen-bond acceptors (Lipinski definition) is 3. The predicted molar refractivity (Wildman–Crippen MR) is 92.2 cm³/mol. The summed E-state index contributed by atoms with van der Waals surface area (Å²) >= 11 is 0. The first-order chi connectivity index (χ1) is 11.1. The number of hydrogen-bond donors (Lipinski definition) is 1. The Hall–Kier alpha value is -3.07. The molecule has 0 amide bonds. The van der Waals surface area contributed by atoms with Crippen LogP contribution in [-0.2, 0) is 6.42 Å². The summed E-state index contributed by atoms with van der Waals surface area (Å²) in [7, 11) is 0. The molecule has 1 heterocycles. The van der Waals surface area contributed by atoms with Gasteiger partial charge in [-0.2, -0.15) is 0 Å². The van der Waals surface area contributed by atoms with E-state index < -0.39 is 0 Å². The van der Waals surface area contributed by atoms with Crippen LogP contribution in [0.5, 0.6) is 5.75 Å². The van der Waals surface area contributed by atoms with E-state index in [1.54, 1.807) is 30.3 Å². The maximum atomic E-state index is 12.8. The highest BCUT2D eigenvalue weighted by Crippen LogP contribution is 2.23. The van der Waals surface area contributed by atoms with Gasteiger partial charge >= 0.3 is 0 Å². The molecule has 3 heteroatoms. The van der Waals surface area contributed by atoms with Crippen molar-refractivity contribution in [3.8, 4) is 16.9 Å². The second kappa shape index (κ2) is 6.36. The molecule has 0 radical (unpaired) electrons. The number of allylic oxidation sites excluding steroid dienone is 6. The van der Waals surface area contributed by atoms with Gasteiger partial charge in [-0.1, -0.05) is 49.1 Å². The Morgan fingerprint density at radius 1 is 1.13 bits per heavy atom. The maximum absolute atomic E-state index is 12.8. The van der Waals surface area contributed by atoms with E-state index in [2.05, 4.69) is 6.58 Å². The summed E-state index contributed by atoms with van der Waals surface area (Å²) in [6, 6.07) is 6.59. The van der Waals surface area contributed by atoms with Crippen molar-refractivity contribution < 1.29 is 9.52 Å². The van der Waals surface area contributed by atoms with Gasteiger partial charge in [0.2, 0.25) is 0 Å². The fourth-order valence-electron chi connectivity index (χ4n) is 2.41. The molecule has 0 fully saturated rings. The highest BCUT2D eigenvalue weighted by Gasteiger charge is 2.13. The number of aromatic hydroxyl groups is 1. The molecule has 23 heavy (non-hydrogen) atoms. The van der Waals surface area contributed by atoms with E-state index in [0.717, 1.165) is 5.57 Å². The average Bonchev–Trinajstić information content (AvgIpc) is 2.54. The first-order valence-corrected chi connectivity index (χ1v) is 7.29. The second-order valence-electron chi connectivity index (χ2n) is 5.27. The number of fused-ring (bicyclic) bond motifs is 1. The summed E-state index contributed by atoms with van der Waals surface area (Å²) in [6.07, 6.45) is 13.1. The zero-order valence-electron chi connectivity index (χ0n) is 12.5. The molecule has 3 nitrogen and oxygen atoms in total. The lowest BCUT2D eigenvalue weighted by Gasteiger charge is -2.07. The van der Waals surface area contributed by atoms with Crippen LogP contribution in [0.25, 0.3) is 17.2 Å². The van der Waals surface area contributed by atoms with Crippen LogP contribution < -0.4 is 5.43 Å². The normalized spacial score (nSPS) is 18.0. The largest absolute Gasteiger partial charge is 0.508 e. The van der Waals surface area contributed by atoms with Gasteiger partial charge in [0.15, 0.2) is 5.43 Å². The third kappa shape index (κ3) is 3.24. The Balaban J connectivity index is 2.15. The molecule has 1 aliphatic carbocycles. The lowest BCUT2D eigenvalue weighted by molar-refractivity contribution is 0.475. The van der Waals surface area contributed by atoms with Crippen LogP contribution >= 0.6 is 0 Å². The van der Waals surface area contributed by atoms with E-state index in [0.29, 0.717) is 28.9 Å². The van der Waals surface area contributed by atoms with Crippen molar-refractivity contribution in [1.29, 1.82) is 0 Å². The number of phenols is 1. The molecular weight excluding hydrogens is 288 g/mol. The van der Waals surface area contributed by atoms with Crippen LogP contribution in [-0.4, -0.2) is 5.11 Å². The molecule has 0 spiro atoms. The first kappa shape index (κ1) is 14.9. The van der Waals surface area contributed by atoms with E-state index in [9.17, 15) is 9.90 Å². The second-order valence-corrected chi connectivity index (χ2v) is 5.27. The van der Waals surface area contributed by atoms with Crippen molar-refractivity contribution in [2.75, 3.05) is 0 Å². The zero-order valence-corrected chi connectivity index (χ0v) is 12.5. The first-order valence-electron chi connectivity index (χ1n) is 7.29. The van der Waals surface area contributed by atoms with Gasteiger partial charge < -0.3 is 9.52 Å². The summed E-state index contributed by atoms with van der Waals surface area (Å²) in [5.74, 6) is 0.642. The Morgan fingerprint density at radius 2 is 2.00 bits per heavy atom. The SMILES string of the molecule is C=C1/C=C\C=C/Cc2c(occ(-c3cccc(O)c3)c2=O)/C=C\1. The fraction of sp³-hybridized carbons (Fsp3) is 0.0500. The highest BCUT2D eigenvalue weighted by atomic mass is 16.3. The third-order valence-electron chi connectivity index (χ3n) is 3.61. The standard InChI is InChI=1S/C20H16O3/c1-14-6-3-2-4-9-17-19(11-10-14)23-13-18(20(17)22)15-7-5-8-16(21)12-15/h2-8,10-13,21H,1,9H2/b4-2-,6-3-,11-10-. The topological polar surface area (TPSA) is 50.4 Å².